The van der Waals surface area contributed by atoms with Gasteiger partial charge in [-0.05, 0) is 31.9 Å². The van der Waals surface area contributed by atoms with E-state index < -0.39 is 5.54 Å². The molecule has 6 heteroatoms. The first kappa shape index (κ1) is 17.2. The molecule has 2 aromatic rings. The maximum absolute atomic E-state index is 13.0. The fraction of sp³-hybridized carbons (Fsp3) is 0.421. The Morgan fingerprint density at radius 1 is 1.20 bits per heavy atom. The number of benzene rings is 1. The minimum Gasteiger partial charge on any atom is -0.371 e. The van der Waals surface area contributed by atoms with Gasteiger partial charge >= 0.3 is 0 Å². The van der Waals surface area contributed by atoms with Crippen LogP contribution >= 0.6 is 0 Å². The summed E-state index contributed by atoms with van der Waals surface area (Å²) in [5, 5.41) is 6.42. The Morgan fingerprint density at radius 2 is 1.92 bits per heavy atom. The van der Waals surface area contributed by atoms with Crippen LogP contribution in [0.2, 0.25) is 0 Å². The highest BCUT2D eigenvalue weighted by Crippen LogP contribution is 2.32. The summed E-state index contributed by atoms with van der Waals surface area (Å²) in [6.45, 7) is 2.29. The maximum atomic E-state index is 13.0. The highest BCUT2D eigenvalue weighted by molar-refractivity contribution is 5.89. The van der Waals surface area contributed by atoms with Crippen molar-refractivity contribution >= 4 is 11.6 Å². The molecule has 1 saturated carbocycles. The van der Waals surface area contributed by atoms with Gasteiger partial charge in [0.2, 0.25) is 5.91 Å². The van der Waals surface area contributed by atoms with E-state index >= 15 is 0 Å². The highest BCUT2D eigenvalue weighted by atomic mass is 16.2. The molecule has 0 saturated heterocycles. The average Bonchev–Trinajstić information content (AvgIpc) is 2.62. The van der Waals surface area contributed by atoms with Gasteiger partial charge in [0.25, 0.3) is 5.56 Å². The van der Waals surface area contributed by atoms with E-state index in [9.17, 15) is 9.59 Å². The number of carbonyl (C=O) groups is 1. The van der Waals surface area contributed by atoms with Gasteiger partial charge in [-0.3, -0.25) is 9.59 Å². The minimum absolute atomic E-state index is 0.0325. The van der Waals surface area contributed by atoms with Crippen molar-refractivity contribution in [2.45, 2.75) is 51.1 Å². The van der Waals surface area contributed by atoms with Crippen LogP contribution in [0.15, 0.2) is 41.5 Å². The molecule has 1 fully saturated rings. The van der Waals surface area contributed by atoms with E-state index in [4.69, 9.17) is 0 Å². The zero-order valence-corrected chi connectivity index (χ0v) is 14.5. The summed E-state index contributed by atoms with van der Waals surface area (Å²) >= 11 is 0. The lowest BCUT2D eigenvalue weighted by atomic mass is 9.80. The van der Waals surface area contributed by atoms with Gasteiger partial charge in [-0.1, -0.05) is 37.0 Å². The molecule has 3 N–H and O–H groups in total. The number of aromatic amines is 1. The van der Waals surface area contributed by atoms with Crippen LogP contribution in [0.4, 0.5) is 5.69 Å². The monoisotopic (exact) mass is 340 g/mol. The molecular formula is C19H24N4O2. The summed E-state index contributed by atoms with van der Waals surface area (Å²) in [5.74, 6) is -0.0325. The molecule has 0 radical (unpaired) electrons. The summed E-state index contributed by atoms with van der Waals surface area (Å²) in [5.41, 5.74) is 1.88. The summed E-state index contributed by atoms with van der Waals surface area (Å²) < 4.78 is 0. The largest absolute Gasteiger partial charge is 0.371 e. The lowest BCUT2D eigenvalue weighted by molar-refractivity contribution is -0.126. The van der Waals surface area contributed by atoms with E-state index in [2.05, 4.69) is 20.6 Å². The van der Waals surface area contributed by atoms with Crippen molar-refractivity contribution in [2.24, 2.45) is 0 Å². The number of aryl methyl sites for hydroxylation is 1. The molecule has 132 valence electrons. The first-order valence-electron chi connectivity index (χ1n) is 8.74. The van der Waals surface area contributed by atoms with Gasteiger partial charge in [-0.2, -0.15) is 0 Å². The number of hydrogen-bond donors (Lipinski definition) is 3. The molecule has 0 unspecified atom stereocenters. The zero-order chi connectivity index (χ0) is 17.7. The Hall–Kier alpha value is -2.63. The second kappa shape index (κ2) is 7.51. The predicted molar refractivity (Wildman–Crippen MR) is 97.3 cm³/mol. The van der Waals surface area contributed by atoms with E-state index in [0.717, 1.165) is 37.8 Å². The number of rotatable bonds is 5. The highest BCUT2D eigenvalue weighted by Gasteiger charge is 2.39. The third kappa shape index (κ3) is 4.26. The van der Waals surface area contributed by atoms with Gasteiger partial charge in [-0.15, -0.1) is 0 Å². The number of aromatic nitrogens is 2. The van der Waals surface area contributed by atoms with Gasteiger partial charge in [0, 0.05) is 11.8 Å². The van der Waals surface area contributed by atoms with Crippen molar-refractivity contribution in [3.8, 4) is 0 Å². The van der Waals surface area contributed by atoms with E-state index in [1.807, 2.05) is 31.2 Å². The van der Waals surface area contributed by atoms with E-state index in [1.54, 1.807) is 0 Å². The number of carbonyl (C=O) groups excluding carboxylic acids is 1. The number of nitrogens with zero attached hydrogens (tertiary/aromatic N) is 1. The normalized spacial score (nSPS) is 16.2. The summed E-state index contributed by atoms with van der Waals surface area (Å²) in [6, 6.07) is 9.50. The van der Waals surface area contributed by atoms with Crippen LogP contribution in [0.1, 0.15) is 43.4 Å². The fourth-order valence-electron chi connectivity index (χ4n) is 3.32. The quantitative estimate of drug-likeness (QED) is 0.780. The number of amides is 1. The Labute approximate surface area is 147 Å². The SMILES string of the molecule is Cc1ccc(NC2(C(=O)NCc3cc(=O)[nH]cn3)CCCCC2)cc1. The fourth-order valence-corrected chi connectivity index (χ4v) is 3.32. The van der Waals surface area contributed by atoms with Crippen LogP contribution in [0.3, 0.4) is 0 Å². The third-order valence-corrected chi connectivity index (χ3v) is 4.74. The number of nitrogens with one attached hydrogen (secondary N) is 3. The smallest absolute Gasteiger partial charge is 0.250 e. The molecule has 0 aliphatic heterocycles. The van der Waals surface area contributed by atoms with E-state index in [-0.39, 0.29) is 18.0 Å². The van der Waals surface area contributed by atoms with Crippen LogP contribution in [0, 0.1) is 6.92 Å². The Bertz CT molecular complexity index is 777. The summed E-state index contributed by atoms with van der Waals surface area (Å²) in [6.07, 6.45) is 6.15. The van der Waals surface area contributed by atoms with Crippen LogP contribution < -0.4 is 16.2 Å². The molecule has 6 nitrogen and oxygen atoms in total. The molecule has 1 amide bonds. The Balaban J connectivity index is 1.73. The maximum Gasteiger partial charge on any atom is 0.250 e. The topological polar surface area (TPSA) is 86.9 Å². The summed E-state index contributed by atoms with van der Waals surface area (Å²) in [4.78, 5) is 30.9. The second-order valence-corrected chi connectivity index (χ2v) is 6.72. The molecule has 0 atom stereocenters. The van der Waals surface area contributed by atoms with Crippen LogP contribution in [0.25, 0.3) is 0 Å². The molecule has 1 aromatic carbocycles. The van der Waals surface area contributed by atoms with Crippen molar-refractivity contribution in [1.29, 1.82) is 0 Å². The second-order valence-electron chi connectivity index (χ2n) is 6.72. The van der Waals surface area contributed by atoms with Crippen LogP contribution in [-0.4, -0.2) is 21.4 Å². The lowest BCUT2D eigenvalue weighted by Gasteiger charge is -2.37. The standard InChI is InChI=1S/C19H24N4O2/c1-14-5-7-15(8-6-14)23-19(9-3-2-4-10-19)18(25)20-12-16-11-17(24)22-13-21-16/h5-8,11,13,23H,2-4,9-10,12H2,1H3,(H,20,25)(H,21,22,24). The lowest BCUT2D eigenvalue weighted by Crippen LogP contribution is -2.53. The molecular weight excluding hydrogens is 316 g/mol. The minimum atomic E-state index is -0.602. The first-order valence-corrected chi connectivity index (χ1v) is 8.74. The molecule has 1 aliphatic carbocycles. The number of hydrogen-bond acceptors (Lipinski definition) is 4. The average molecular weight is 340 g/mol. The first-order chi connectivity index (χ1) is 12.1. The van der Waals surface area contributed by atoms with Crippen molar-refractivity contribution in [3.05, 3.63) is 58.3 Å². The van der Waals surface area contributed by atoms with Crippen molar-refractivity contribution in [3.63, 3.8) is 0 Å². The zero-order valence-electron chi connectivity index (χ0n) is 14.5. The van der Waals surface area contributed by atoms with Gasteiger partial charge in [0.1, 0.15) is 5.54 Å². The molecule has 1 aromatic heterocycles. The van der Waals surface area contributed by atoms with Gasteiger partial charge < -0.3 is 15.6 Å². The number of H-pyrrole nitrogens is 1. The molecule has 0 bridgehead atoms. The van der Waals surface area contributed by atoms with Crippen molar-refractivity contribution < 1.29 is 4.79 Å². The van der Waals surface area contributed by atoms with Crippen LogP contribution in [-0.2, 0) is 11.3 Å². The van der Waals surface area contributed by atoms with Crippen molar-refractivity contribution in [2.75, 3.05) is 5.32 Å². The Kier molecular flexibility index (Phi) is 5.16. The summed E-state index contributed by atoms with van der Waals surface area (Å²) in [7, 11) is 0. The molecule has 1 heterocycles. The third-order valence-electron chi connectivity index (χ3n) is 4.74. The van der Waals surface area contributed by atoms with Crippen molar-refractivity contribution in [1.82, 2.24) is 15.3 Å². The number of anilines is 1. The predicted octanol–water partition coefficient (Wildman–Crippen LogP) is 2.51. The molecule has 3 rings (SSSR count). The van der Waals surface area contributed by atoms with Gasteiger partial charge in [0.15, 0.2) is 0 Å². The van der Waals surface area contributed by atoms with Gasteiger partial charge in [-0.25, -0.2) is 4.98 Å². The van der Waals surface area contributed by atoms with Crippen LogP contribution in [0.5, 0.6) is 0 Å². The Morgan fingerprint density at radius 3 is 2.60 bits per heavy atom. The van der Waals surface area contributed by atoms with Gasteiger partial charge in [0.05, 0.1) is 18.6 Å². The van der Waals surface area contributed by atoms with E-state index in [1.165, 1.54) is 18.0 Å². The van der Waals surface area contributed by atoms with E-state index in [0.29, 0.717) is 5.69 Å². The molecule has 0 spiro atoms. The molecule has 1 aliphatic rings. The molecule has 25 heavy (non-hydrogen) atoms.